The van der Waals surface area contributed by atoms with E-state index in [4.69, 9.17) is 0 Å². The van der Waals surface area contributed by atoms with E-state index in [1.807, 2.05) is 13.0 Å². The van der Waals surface area contributed by atoms with Crippen LogP contribution in [0.4, 0.5) is 10.1 Å². The quantitative estimate of drug-likeness (QED) is 0.844. The molecule has 2 aromatic carbocycles. The van der Waals surface area contributed by atoms with Crippen LogP contribution in [0.2, 0.25) is 0 Å². The first-order valence-electron chi connectivity index (χ1n) is 6.12. The second-order valence-electron chi connectivity index (χ2n) is 4.74. The monoisotopic (exact) mass is 243 g/mol. The fourth-order valence-electron chi connectivity index (χ4n) is 2.16. The van der Waals surface area contributed by atoms with Crippen LogP contribution in [0.1, 0.15) is 22.3 Å². The minimum absolute atomic E-state index is 0.195. The molecule has 2 aromatic rings. The molecule has 1 nitrogen and oxygen atoms in total. The Labute approximate surface area is 108 Å². The Morgan fingerprint density at radius 2 is 1.67 bits per heavy atom. The summed E-state index contributed by atoms with van der Waals surface area (Å²) in [4.78, 5) is 0. The minimum atomic E-state index is -0.195. The third-order valence-corrected chi connectivity index (χ3v) is 3.16. The van der Waals surface area contributed by atoms with E-state index in [1.54, 1.807) is 0 Å². The number of halogens is 1. The first-order valence-corrected chi connectivity index (χ1v) is 6.12. The van der Waals surface area contributed by atoms with Crippen molar-refractivity contribution in [2.24, 2.45) is 0 Å². The van der Waals surface area contributed by atoms with Crippen LogP contribution in [0.25, 0.3) is 0 Å². The summed E-state index contributed by atoms with van der Waals surface area (Å²) < 4.78 is 13.3. The highest BCUT2D eigenvalue weighted by Crippen LogP contribution is 2.17. The third-order valence-electron chi connectivity index (χ3n) is 3.16. The largest absolute Gasteiger partial charge is 0.381 e. The van der Waals surface area contributed by atoms with Crippen LogP contribution in [-0.4, -0.2) is 0 Å². The lowest BCUT2D eigenvalue weighted by Crippen LogP contribution is -2.03. The lowest BCUT2D eigenvalue weighted by molar-refractivity contribution is 0.627. The molecule has 0 aliphatic rings. The summed E-state index contributed by atoms with van der Waals surface area (Å²) >= 11 is 0. The Hall–Kier alpha value is -1.83. The molecule has 0 saturated carbocycles. The van der Waals surface area contributed by atoms with Crippen molar-refractivity contribution < 1.29 is 4.39 Å². The Morgan fingerprint density at radius 1 is 1.00 bits per heavy atom. The Bertz CT molecular complexity index is 521. The van der Waals surface area contributed by atoms with Crippen LogP contribution >= 0.6 is 0 Å². The molecule has 0 saturated heterocycles. The van der Waals surface area contributed by atoms with Gasteiger partial charge in [-0.05, 0) is 61.2 Å². The highest BCUT2D eigenvalue weighted by molar-refractivity contribution is 5.47. The van der Waals surface area contributed by atoms with Crippen molar-refractivity contribution in [2.45, 2.75) is 27.3 Å². The minimum Gasteiger partial charge on any atom is -0.381 e. The van der Waals surface area contributed by atoms with E-state index >= 15 is 0 Å². The maximum atomic E-state index is 13.3. The van der Waals surface area contributed by atoms with Crippen molar-refractivity contribution in [2.75, 3.05) is 5.32 Å². The number of nitrogens with one attached hydrogen (secondary N) is 1. The first kappa shape index (κ1) is 12.6. The van der Waals surface area contributed by atoms with Crippen LogP contribution in [0, 0.1) is 26.6 Å². The zero-order valence-corrected chi connectivity index (χ0v) is 11.0. The SMILES string of the molecule is Cc1cc(F)cc(NCc2c(C)cccc2C)c1. The lowest BCUT2D eigenvalue weighted by atomic mass is 10.0. The van der Waals surface area contributed by atoms with E-state index in [-0.39, 0.29) is 5.82 Å². The molecule has 0 spiro atoms. The second-order valence-corrected chi connectivity index (χ2v) is 4.74. The molecule has 0 atom stereocenters. The van der Waals surface area contributed by atoms with Crippen molar-refractivity contribution in [1.82, 2.24) is 0 Å². The Kier molecular flexibility index (Phi) is 3.66. The average Bonchev–Trinajstić information content (AvgIpc) is 2.27. The molecule has 0 radical (unpaired) electrons. The van der Waals surface area contributed by atoms with Gasteiger partial charge in [-0.2, -0.15) is 0 Å². The molecule has 94 valence electrons. The standard InChI is InChI=1S/C16H18FN/c1-11-7-14(17)9-15(8-11)18-10-16-12(2)5-4-6-13(16)3/h4-9,18H,10H2,1-3H3. The van der Waals surface area contributed by atoms with Gasteiger partial charge in [0, 0.05) is 12.2 Å². The molecular weight excluding hydrogens is 225 g/mol. The van der Waals surface area contributed by atoms with Gasteiger partial charge >= 0.3 is 0 Å². The van der Waals surface area contributed by atoms with Crippen LogP contribution in [0.15, 0.2) is 36.4 Å². The van der Waals surface area contributed by atoms with Gasteiger partial charge < -0.3 is 5.32 Å². The topological polar surface area (TPSA) is 12.0 Å². The molecule has 0 aliphatic carbocycles. The highest BCUT2D eigenvalue weighted by atomic mass is 19.1. The smallest absolute Gasteiger partial charge is 0.125 e. The summed E-state index contributed by atoms with van der Waals surface area (Å²) in [6, 6.07) is 11.3. The third kappa shape index (κ3) is 2.89. The molecule has 0 aliphatic heterocycles. The van der Waals surface area contributed by atoms with Gasteiger partial charge in [-0.3, -0.25) is 0 Å². The number of hydrogen-bond donors (Lipinski definition) is 1. The molecule has 0 fully saturated rings. The summed E-state index contributed by atoms with van der Waals surface area (Å²) in [5.41, 5.74) is 5.56. The molecule has 18 heavy (non-hydrogen) atoms. The summed E-state index contributed by atoms with van der Waals surface area (Å²) in [5.74, 6) is -0.195. The van der Waals surface area contributed by atoms with Crippen LogP contribution in [0.3, 0.4) is 0 Å². The van der Waals surface area contributed by atoms with E-state index in [2.05, 4.69) is 37.4 Å². The van der Waals surface area contributed by atoms with Gasteiger partial charge in [0.2, 0.25) is 0 Å². The van der Waals surface area contributed by atoms with E-state index in [0.29, 0.717) is 0 Å². The summed E-state index contributed by atoms with van der Waals surface area (Å²) in [6.07, 6.45) is 0. The molecule has 0 aromatic heterocycles. The van der Waals surface area contributed by atoms with Crippen molar-refractivity contribution >= 4 is 5.69 Å². The second kappa shape index (κ2) is 5.21. The predicted molar refractivity (Wildman–Crippen MR) is 74.4 cm³/mol. The van der Waals surface area contributed by atoms with Gasteiger partial charge in [-0.15, -0.1) is 0 Å². The Morgan fingerprint density at radius 3 is 2.28 bits per heavy atom. The first-order chi connectivity index (χ1) is 8.56. The maximum Gasteiger partial charge on any atom is 0.125 e. The highest BCUT2D eigenvalue weighted by Gasteiger charge is 2.03. The lowest BCUT2D eigenvalue weighted by Gasteiger charge is -2.12. The number of anilines is 1. The molecule has 2 heteroatoms. The number of benzene rings is 2. The van der Waals surface area contributed by atoms with Gasteiger partial charge in [-0.25, -0.2) is 4.39 Å². The number of rotatable bonds is 3. The Balaban J connectivity index is 2.16. The zero-order chi connectivity index (χ0) is 13.1. The fourth-order valence-corrected chi connectivity index (χ4v) is 2.16. The molecule has 0 unspecified atom stereocenters. The normalized spacial score (nSPS) is 10.4. The number of hydrogen-bond acceptors (Lipinski definition) is 1. The van der Waals surface area contributed by atoms with Crippen LogP contribution in [0.5, 0.6) is 0 Å². The van der Waals surface area contributed by atoms with Gasteiger partial charge in [0.1, 0.15) is 5.82 Å². The fraction of sp³-hybridized carbons (Fsp3) is 0.250. The maximum absolute atomic E-state index is 13.3. The van der Waals surface area contributed by atoms with E-state index in [9.17, 15) is 4.39 Å². The average molecular weight is 243 g/mol. The van der Waals surface area contributed by atoms with E-state index in [1.165, 1.54) is 28.8 Å². The summed E-state index contributed by atoms with van der Waals surface area (Å²) in [5, 5.41) is 3.28. The molecule has 0 heterocycles. The van der Waals surface area contributed by atoms with Gasteiger partial charge in [0.15, 0.2) is 0 Å². The zero-order valence-electron chi connectivity index (χ0n) is 11.0. The van der Waals surface area contributed by atoms with Crippen molar-refractivity contribution in [3.63, 3.8) is 0 Å². The van der Waals surface area contributed by atoms with Crippen molar-refractivity contribution in [1.29, 1.82) is 0 Å². The van der Waals surface area contributed by atoms with E-state index in [0.717, 1.165) is 17.8 Å². The predicted octanol–water partition coefficient (Wildman–Crippen LogP) is 4.36. The van der Waals surface area contributed by atoms with E-state index < -0.39 is 0 Å². The molecule has 1 N–H and O–H groups in total. The van der Waals surface area contributed by atoms with Crippen LogP contribution in [-0.2, 0) is 6.54 Å². The van der Waals surface area contributed by atoms with Gasteiger partial charge in [0.25, 0.3) is 0 Å². The van der Waals surface area contributed by atoms with Gasteiger partial charge in [0.05, 0.1) is 0 Å². The molecular formula is C16H18FN. The molecule has 0 bridgehead atoms. The van der Waals surface area contributed by atoms with Crippen molar-refractivity contribution in [3.05, 3.63) is 64.5 Å². The summed E-state index contributed by atoms with van der Waals surface area (Å²) in [6.45, 7) is 6.82. The van der Waals surface area contributed by atoms with Gasteiger partial charge in [-0.1, -0.05) is 18.2 Å². The molecule has 0 amide bonds. The molecule has 2 rings (SSSR count). The summed E-state index contributed by atoms with van der Waals surface area (Å²) in [7, 11) is 0. The van der Waals surface area contributed by atoms with Crippen molar-refractivity contribution in [3.8, 4) is 0 Å². The van der Waals surface area contributed by atoms with Crippen LogP contribution < -0.4 is 5.32 Å². The number of aryl methyl sites for hydroxylation is 3.